The molecule has 1 aliphatic rings. The van der Waals surface area contributed by atoms with Gasteiger partial charge in [-0.15, -0.1) is 11.3 Å². The molecule has 1 amide bonds. The molecule has 4 nitrogen and oxygen atoms in total. The topological polar surface area (TPSA) is 62.2 Å². The molecule has 1 atom stereocenters. The summed E-state index contributed by atoms with van der Waals surface area (Å²) in [6, 6.07) is 6.30. The third kappa shape index (κ3) is 3.48. The van der Waals surface area contributed by atoms with E-state index in [1.165, 1.54) is 23.5 Å². The highest BCUT2D eigenvalue weighted by atomic mass is 32.2. The zero-order valence-electron chi connectivity index (χ0n) is 11.7. The summed E-state index contributed by atoms with van der Waals surface area (Å²) in [7, 11) is 0. The van der Waals surface area contributed by atoms with Crippen LogP contribution in [0.3, 0.4) is 0 Å². The predicted molar refractivity (Wildman–Crippen MR) is 86.8 cm³/mol. The van der Waals surface area contributed by atoms with Gasteiger partial charge in [-0.25, -0.2) is 9.37 Å². The summed E-state index contributed by atoms with van der Waals surface area (Å²) in [5, 5.41) is 13.4. The quantitative estimate of drug-likeness (QED) is 0.900. The van der Waals surface area contributed by atoms with Crippen LogP contribution in [-0.2, 0) is 11.2 Å². The fraction of sp³-hybridized carbons (Fsp3) is 0.333. The SMILES string of the molecule is O=C(Nc1ncc(Cc2ccc(F)cc2)s1)[C@]1(O)CCSC1. The first kappa shape index (κ1) is 15.5. The van der Waals surface area contributed by atoms with Gasteiger partial charge in [0.05, 0.1) is 0 Å². The van der Waals surface area contributed by atoms with Crippen LogP contribution in [0.4, 0.5) is 9.52 Å². The van der Waals surface area contributed by atoms with E-state index < -0.39 is 5.60 Å². The van der Waals surface area contributed by atoms with Crippen molar-refractivity contribution in [3.8, 4) is 0 Å². The van der Waals surface area contributed by atoms with Gasteiger partial charge in [-0.3, -0.25) is 10.1 Å². The van der Waals surface area contributed by atoms with Crippen LogP contribution in [0.25, 0.3) is 0 Å². The molecular formula is C15H15FN2O2S2. The molecule has 0 spiro atoms. The fourth-order valence-electron chi connectivity index (χ4n) is 2.20. The van der Waals surface area contributed by atoms with Gasteiger partial charge >= 0.3 is 0 Å². The molecule has 22 heavy (non-hydrogen) atoms. The number of hydrogen-bond acceptors (Lipinski definition) is 5. The Morgan fingerprint density at radius 3 is 2.86 bits per heavy atom. The third-order valence-electron chi connectivity index (χ3n) is 3.49. The highest BCUT2D eigenvalue weighted by Crippen LogP contribution is 2.30. The second-order valence-electron chi connectivity index (χ2n) is 5.22. The Balaban J connectivity index is 1.63. The van der Waals surface area contributed by atoms with Crippen molar-refractivity contribution >= 4 is 34.1 Å². The summed E-state index contributed by atoms with van der Waals surface area (Å²) in [6.07, 6.45) is 2.79. The minimum absolute atomic E-state index is 0.260. The van der Waals surface area contributed by atoms with Crippen molar-refractivity contribution in [2.75, 3.05) is 16.8 Å². The fourth-order valence-corrected chi connectivity index (χ4v) is 4.28. The molecule has 7 heteroatoms. The first-order chi connectivity index (χ1) is 10.5. The van der Waals surface area contributed by atoms with E-state index in [2.05, 4.69) is 10.3 Å². The van der Waals surface area contributed by atoms with Crippen LogP contribution in [0.5, 0.6) is 0 Å². The molecule has 116 valence electrons. The van der Waals surface area contributed by atoms with Gasteiger partial charge < -0.3 is 5.11 Å². The molecule has 3 rings (SSSR count). The second kappa shape index (κ2) is 6.36. The number of anilines is 1. The molecule has 1 aromatic heterocycles. The number of amides is 1. The molecule has 2 aromatic rings. The summed E-state index contributed by atoms with van der Waals surface area (Å²) >= 11 is 2.93. The van der Waals surface area contributed by atoms with E-state index >= 15 is 0 Å². The van der Waals surface area contributed by atoms with Crippen molar-refractivity contribution in [2.24, 2.45) is 0 Å². The maximum Gasteiger partial charge on any atom is 0.259 e. The van der Waals surface area contributed by atoms with Crippen LogP contribution < -0.4 is 5.32 Å². The van der Waals surface area contributed by atoms with E-state index in [1.54, 1.807) is 30.1 Å². The van der Waals surface area contributed by atoms with Gasteiger partial charge in [-0.05, 0) is 29.9 Å². The molecular weight excluding hydrogens is 323 g/mol. The Kier molecular flexibility index (Phi) is 4.46. The normalized spacial score (nSPS) is 21.0. The Labute approximate surface area is 135 Å². The molecule has 0 bridgehead atoms. The highest BCUT2D eigenvalue weighted by Gasteiger charge is 2.39. The molecule has 1 aliphatic heterocycles. The average Bonchev–Trinajstić information content (AvgIpc) is 3.12. The number of carbonyl (C=O) groups is 1. The number of nitrogens with one attached hydrogen (secondary N) is 1. The number of carbonyl (C=O) groups excluding carboxylic acids is 1. The van der Waals surface area contributed by atoms with E-state index in [0.717, 1.165) is 16.2 Å². The Morgan fingerprint density at radius 1 is 1.41 bits per heavy atom. The summed E-state index contributed by atoms with van der Waals surface area (Å²) in [5.41, 5.74) is -0.304. The minimum atomic E-state index is -1.28. The van der Waals surface area contributed by atoms with Crippen LogP contribution in [0.15, 0.2) is 30.5 Å². The summed E-state index contributed by atoms with van der Waals surface area (Å²) in [4.78, 5) is 17.2. The van der Waals surface area contributed by atoms with E-state index in [1.807, 2.05) is 0 Å². The number of thiazole rings is 1. The highest BCUT2D eigenvalue weighted by molar-refractivity contribution is 7.99. The van der Waals surface area contributed by atoms with Crippen molar-refractivity contribution in [3.63, 3.8) is 0 Å². The Morgan fingerprint density at radius 2 is 2.18 bits per heavy atom. The largest absolute Gasteiger partial charge is 0.379 e. The number of benzene rings is 1. The molecule has 0 radical (unpaired) electrons. The maximum atomic E-state index is 12.9. The van der Waals surface area contributed by atoms with Crippen LogP contribution >= 0.6 is 23.1 Å². The summed E-state index contributed by atoms with van der Waals surface area (Å²) < 4.78 is 12.9. The average molecular weight is 338 g/mol. The van der Waals surface area contributed by atoms with E-state index in [9.17, 15) is 14.3 Å². The summed E-state index contributed by atoms with van der Waals surface area (Å²) in [5.74, 6) is 0.563. The number of rotatable bonds is 4. The van der Waals surface area contributed by atoms with Crippen molar-refractivity contribution in [1.29, 1.82) is 0 Å². The lowest BCUT2D eigenvalue weighted by molar-refractivity contribution is -0.131. The maximum absolute atomic E-state index is 12.9. The van der Waals surface area contributed by atoms with Gasteiger partial charge in [0.2, 0.25) is 0 Å². The lowest BCUT2D eigenvalue weighted by Crippen LogP contribution is -2.42. The van der Waals surface area contributed by atoms with Crippen LogP contribution in [0.2, 0.25) is 0 Å². The molecule has 0 aliphatic carbocycles. The van der Waals surface area contributed by atoms with Gasteiger partial charge in [-0.1, -0.05) is 12.1 Å². The van der Waals surface area contributed by atoms with Gasteiger partial charge in [0, 0.05) is 23.2 Å². The minimum Gasteiger partial charge on any atom is -0.379 e. The number of halogens is 1. The lowest BCUT2D eigenvalue weighted by atomic mass is 10.0. The van der Waals surface area contributed by atoms with E-state index in [4.69, 9.17) is 0 Å². The van der Waals surface area contributed by atoms with Crippen LogP contribution in [0.1, 0.15) is 16.9 Å². The molecule has 1 saturated heterocycles. The zero-order valence-corrected chi connectivity index (χ0v) is 13.3. The zero-order chi connectivity index (χ0) is 15.6. The standard InChI is InChI=1S/C15H15FN2O2S2/c16-11-3-1-10(2-4-11)7-12-8-17-14(22-12)18-13(19)15(20)5-6-21-9-15/h1-4,8,20H,5-7,9H2,(H,17,18,19)/t15-/m0/s1. The Bertz CT molecular complexity index is 666. The molecule has 2 N–H and O–H groups in total. The molecule has 0 unspecified atom stereocenters. The number of aliphatic hydroxyl groups is 1. The molecule has 1 aromatic carbocycles. The molecule has 0 saturated carbocycles. The number of hydrogen-bond donors (Lipinski definition) is 2. The van der Waals surface area contributed by atoms with Crippen LogP contribution in [-0.4, -0.2) is 33.1 Å². The number of nitrogens with zero attached hydrogens (tertiary/aromatic N) is 1. The van der Waals surface area contributed by atoms with Crippen molar-refractivity contribution in [2.45, 2.75) is 18.4 Å². The number of aromatic nitrogens is 1. The number of thioether (sulfide) groups is 1. The van der Waals surface area contributed by atoms with Gasteiger partial charge in [-0.2, -0.15) is 11.8 Å². The predicted octanol–water partition coefficient (Wildman–Crippen LogP) is 2.68. The second-order valence-corrected chi connectivity index (χ2v) is 7.44. The van der Waals surface area contributed by atoms with E-state index in [-0.39, 0.29) is 11.7 Å². The molecule has 1 fully saturated rings. The van der Waals surface area contributed by atoms with Crippen molar-refractivity contribution in [1.82, 2.24) is 4.98 Å². The lowest BCUT2D eigenvalue weighted by Gasteiger charge is -2.18. The smallest absolute Gasteiger partial charge is 0.259 e. The van der Waals surface area contributed by atoms with Crippen LogP contribution in [0, 0.1) is 5.82 Å². The van der Waals surface area contributed by atoms with Crippen molar-refractivity contribution < 1.29 is 14.3 Å². The first-order valence-electron chi connectivity index (χ1n) is 6.86. The first-order valence-corrected chi connectivity index (χ1v) is 8.83. The monoisotopic (exact) mass is 338 g/mol. The van der Waals surface area contributed by atoms with E-state index in [0.29, 0.717) is 23.7 Å². The summed E-state index contributed by atoms with van der Waals surface area (Å²) in [6.45, 7) is 0. The van der Waals surface area contributed by atoms with Gasteiger partial charge in [0.1, 0.15) is 5.82 Å². The van der Waals surface area contributed by atoms with Gasteiger partial charge in [0.15, 0.2) is 10.7 Å². The van der Waals surface area contributed by atoms with Gasteiger partial charge in [0.25, 0.3) is 5.91 Å². The van der Waals surface area contributed by atoms with Crippen molar-refractivity contribution in [3.05, 3.63) is 46.7 Å². The third-order valence-corrected chi connectivity index (χ3v) is 5.58. The Hall–Kier alpha value is -1.44. The molecule has 2 heterocycles.